The Morgan fingerprint density at radius 3 is 2.06 bits per heavy atom. The Labute approximate surface area is 120 Å². The van der Waals surface area contributed by atoms with Crippen LogP contribution in [-0.4, -0.2) is 34.2 Å². The summed E-state index contributed by atoms with van der Waals surface area (Å²) in [5.74, 6) is -3.05. The Hall–Kier alpha value is -0.452. The van der Waals surface area contributed by atoms with Crippen molar-refractivity contribution in [3.63, 3.8) is 0 Å². The number of carboxylic acid groups (broad SMARTS) is 2. The van der Waals surface area contributed by atoms with Crippen LogP contribution in [0.2, 0.25) is 0 Å². The second-order valence-corrected chi connectivity index (χ2v) is 4.95. The average Bonchev–Trinajstić information content (AvgIpc) is 2.12. The largest absolute Gasteiger partial charge is 0.480 e. The fourth-order valence-electron chi connectivity index (χ4n) is 2.46. The van der Waals surface area contributed by atoms with Gasteiger partial charge in [-0.2, -0.15) is 0 Å². The number of nitrogens with two attached hydrogens (primary N) is 2. The molecule has 0 spiro atoms. The predicted molar refractivity (Wildman–Crippen MR) is 61.3 cm³/mol. The number of aliphatic carboxylic acids is 2. The van der Waals surface area contributed by atoms with E-state index in [0.717, 1.165) is 0 Å². The molecule has 0 radical (unpaired) electrons. The zero-order valence-corrected chi connectivity index (χ0v) is 12.5. The van der Waals surface area contributed by atoms with E-state index >= 15 is 0 Å². The van der Waals surface area contributed by atoms with Crippen LogP contribution in [0, 0.1) is 11.3 Å². The molecule has 1 rings (SSSR count). The summed E-state index contributed by atoms with van der Waals surface area (Å²) in [7, 11) is 0. The van der Waals surface area contributed by atoms with Crippen molar-refractivity contribution < 1.29 is 40.9 Å². The quantitative estimate of drug-likeness (QED) is 0.432. The van der Waals surface area contributed by atoms with Crippen LogP contribution in [0.1, 0.15) is 32.6 Å². The summed E-state index contributed by atoms with van der Waals surface area (Å²) in [6.07, 6.45) is 1.95. The molecule has 6 nitrogen and oxygen atoms in total. The van der Waals surface area contributed by atoms with Gasteiger partial charge in [0.15, 0.2) is 5.41 Å². The molecule has 0 aromatic carbocycles. The van der Waals surface area contributed by atoms with Crippen LogP contribution in [0.5, 0.6) is 0 Å². The number of rotatable bonds is 6. The van der Waals surface area contributed by atoms with E-state index in [1.54, 1.807) is 0 Å². The van der Waals surface area contributed by atoms with E-state index in [4.69, 9.17) is 21.7 Å². The zero-order chi connectivity index (χ0) is 13.2. The Kier molecular flexibility index (Phi) is 6.47. The van der Waals surface area contributed by atoms with E-state index in [-0.39, 0.29) is 33.5 Å². The average molecular weight is 439 g/mol. The summed E-state index contributed by atoms with van der Waals surface area (Å²) < 4.78 is 0. The molecule has 1 aliphatic rings. The third-order valence-corrected chi connectivity index (χ3v) is 3.72. The van der Waals surface area contributed by atoms with E-state index in [1.807, 2.05) is 6.92 Å². The third kappa shape index (κ3) is 3.11. The molecule has 18 heavy (non-hydrogen) atoms. The van der Waals surface area contributed by atoms with Crippen molar-refractivity contribution in [1.82, 2.24) is 0 Å². The van der Waals surface area contributed by atoms with Crippen molar-refractivity contribution in [1.29, 1.82) is 0 Å². The molecule has 108 valence electrons. The summed E-state index contributed by atoms with van der Waals surface area (Å²) in [6, 6.07) is -0.424. The Balaban J connectivity index is 0.00000289. The number of carbonyl (C=O) groups is 2. The van der Waals surface area contributed by atoms with E-state index in [0.29, 0.717) is 19.3 Å². The van der Waals surface area contributed by atoms with Crippen LogP contribution in [0.4, 0.5) is 0 Å². The van der Waals surface area contributed by atoms with E-state index < -0.39 is 29.3 Å². The molecular weight excluding hydrogens is 419 g/mol. The number of carboxylic acids is 2. The van der Waals surface area contributed by atoms with Gasteiger partial charge in [0, 0.05) is 39.1 Å². The fraction of sp³-hybridized carbons (Fsp3) is 0.818. The molecule has 0 heterocycles. The minimum Gasteiger partial charge on any atom is -0.480 e. The van der Waals surface area contributed by atoms with Gasteiger partial charge < -0.3 is 21.7 Å². The van der Waals surface area contributed by atoms with Crippen molar-refractivity contribution in [2.45, 2.75) is 44.7 Å². The smallest absolute Gasteiger partial charge is 0.321 e. The maximum atomic E-state index is 11.1. The van der Waals surface area contributed by atoms with Gasteiger partial charge in [-0.3, -0.25) is 9.59 Å². The van der Waals surface area contributed by atoms with Crippen molar-refractivity contribution in [3.8, 4) is 0 Å². The van der Waals surface area contributed by atoms with Crippen LogP contribution in [0.15, 0.2) is 0 Å². The third-order valence-electron chi connectivity index (χ3n) is 3.72. The summed E-state index contributed by atoms with van der Waals surface area (Å²) in [5, 5.41) is 18.2. The van der Waals surface area contributed by atoms with Gasteiger partial charge in [-0.15, -0.1) is 0 Å². The van der Waals surface area contributed by atoms with Crippen LogP contribution in [0.25, 0.3) is 0 Å². The molecule has 0 aliphatic heterocycles. The molecule has 3 atom stereocenters. The molecule has 0 amide bonds. The molecule has 0 aromatic heterocycles. The fourth-order valence-corrected chi connectivity index (χ4v) is 2.46. The first kappa shape index (κ1) is 17.5. The van der Waals surface area contributed by atoms with Gasteiger partial charge in [0.1, 0.15) is 0 Å². The first-order valence-corrected chi connectivity index (χ1v) is 5.80. The van der Waals surface area contributed by atoms with Gasteiger partial charge in [0.2, 0.25) is 0 Å². The summed E-state index contributed by atoms with van der Waals surface area (Å²) in [5.41, 5.74) is 9.81. The molecule has 1 fully saturated rings. The maximum absolute atomic E-state index is 11.1. The molecule has 0 bridgehead atoms. The Morgan fingerprint density at radius 1 is 1.28 bits per heavy atom. The number of hydrogen-bond donors (Lipinski definition) is 4. The molecule has 0 aromatic rings. The maximum Gasteiger partial charge on any atom is 0.321 e. The second kappa shape index (κ2) is 6.64. The van der Waals surface area contributed by atoms with E-state index in [1.165, 1.54) is 0 Å². The molecular formula is C11H20N2O4Pt. The minimum atomic E-state index is -1.68. The molecule has 7 heteroatoms. The summed E-state index contributed by atoms with van der Waals surface area (Å²) in [4.78, 5) is 22.3. The Bertz CT molecular complexity index is 308. The van der Waals surface area contributed by atoms with Gasteiger partial charge in [0.05, 0.1) is 0 Å². The van der Waals surface area contributed by atoms with Gasteiger partial charge in [0.25, 0.3) is 0 Å². The van der Waals surface area contributed by atoms with Crippen molar-refractivity contribution in [2.75, 3.05) is 0 Å². The molecule has 3 unspecified atom stereocenters. The Morgan fingerprint density at radius 2 is 1.78 bits per heavy atom. The first-order valence-electron chi connectivity index (χ1n) is 5.80. The van der Waals surface area contributed by atoms with Crippen LogP contribution in [0.3, 0.4) is 0 Å². The summed E-state index contributed by atoms with van der Waals surface area (Å²) in [6.45, 7) is 1.84. The molecule has 6 N–H and O–H groups in total. The molecule has 1 saturated carbocycles. The standard InChI is InChI=1S/C11H20N2O4.Pt/c1-6(12)2-3-8(13)7-4-5-11(7,9(14)15)10(16)17;/h6-8H,2-5,12-13H2,1H3,(H,14,15)(H,16,17);. The van der Waals surface area contributed by atoms with Gasteiger partial charge in [-0.05, 0) is 32.6 Å². The number of hydrogen-bond acceptors (Lipinski definition) is 4. The summed E-state index contributed by atoms with van der Waals surface area (Å²) >= 11 is 0. The minimum absolute atomic E-state index is 0. The normalized spacial score (nSPS) is 24.3. The van der Waals surface area contributed by atoms with Gasteiger partial charge in [-0.25, -0.2) is 0 Å². The molecule has 1 aliphatic carbocycles. The monoisotopic (exact) mass is 439 g/mol. The van der Waals surface area contributed by atoms with E-state index in [2.05, 4.69) is 0 Å². The zero-order valence-electron chi connectivity index (χ0n) is 10.2. The second-order valence-electron chi connectivity index (χ2n) is 4.95. The molecule has 0 saturated heterocycles. The van der Waals surface area contributed by atoms with Crippen LogP contribution < -0.4 is 11.5 Å². The van der Waals surface area contributed by atoms with Crippen molar-refractivity contribution in [3.05, 3.63) is 0 Å². The van der Waals surface area contributed by atoms with E-state index in [9.17, 15) is 9.59 Å². The first-order chi connectivity index (χ1) is 7.82. The van der Waals surface area contributed by atoms with Crippen molar-refractivity contribution >= 4 is 11.9 Å². The van der Waals surface area contributed by atoms with Gasteiger partial charge >= 0.3 is 11.9 Å². The van der Waals surface area contributed by atoms with Gasteiger partial charge in [-0.1, -0.05) is 0 Å². The topological polar surface area (TPSA) is 127 Å². The van der Waals surface area contributed by atoms with Crippen LogP contribution in [-0.2, 0) is 30.7 Å². The SMILES string of the molecule is CC(N)CCC(N)C1CCC1(C(=O)O)C(=O)O.[Pt]. The predicted octanol–water partition coefficient (Wildman–Crippen LogP) is 0.00420. The van der Waals surface area contributed by atoms with Crippen LogP contribution >= 0.6 is 0 Å². The van der Waals surface area contributed by atoms with Crippen molar-refractivity contribution in [2.24, 2.45) is 22.8 Å².